The van der Waals surface area contributed by atoms with Gasteiger partial charge in [-0.3, -0.25) is 9.36 Å². The summed E-state index contributed by atoms with van der Waals surface area (Å²) in [5, 5.41) is 9.39. The van der Waals surface area contributed by atoms with E-state index >= 15 is 0 Å². The number of ether oxygens (including phenoxy) is 1. The molecule has 1 aromatic heterocycles. The molecule has 0 fully saturated rings. The number of halogens is 2. The van der Waals surface area contributed by atoms with Crippen LogP contribution in [0.4, 0.5) is 0 Å². The zero-order valence-corrected chi connectivity index (χ0v) is 24.7. The van der Waals surface area contributed by atoms with E-state index < -0.39 is 11.3 Å². The van der Waals surface area contributed by atoms with Gasteiger partial charge in [-0.1, -0.05) is 71.6 Å². The summed E-state index contributed by atoms with van der Waals surface area (Å²) < 4.78 is 8.70. The molecule has 0 radical (unpaired) electrons. The number of hydrogen-bond donors (Lipinski definition) is 1. The highest BCUT2D eigenvalue weighted by Gasteiger charge is 2.33. The topological polar surface area (TPSA) is 80.9 Å². The molecule has 1 atom stereocenters. The molecule has 0 bridgehead atoms. The van der Waals surface area contributed by atoms with Crippen molar-refractivity contribution in [3.05, 3.63) is 124 Å². The summed E-state index contributed by atoms with van der Waals surface area (Å²) in [6, 6.07) is 22.5. The van der Waals surface area contributed by atoms with Crippen LogP contribution >= 0.6 is 55.0 Å². The minimum atomic E-state index is -0.655. The van der Waals surface area contributed by atoms with Gasteiger partial charge in [0.1, 0.15) is 17.7 Å². The van der Waals surface area contributed by atoms with Crippen molar-refractivity contribution in [3.63, 3.8) is 0 Å². The van der Waals surface area contributed by atoms with E-state index in [1.807, 2.05) is 60.7 Å². The molecule has 1 unspecified atom stereocenters. The second-order valence-electron chi connectivity index (χ2n) is 8.36. The van der Waals surface area contributed by atoms with Gasteiger partial charge in [-0.25, -0.2) is 9.79 Å². The van der Waals surface area contributed by atoms with Crippen LogP contribution in [0.2, 0.25) is 0 Å². The lowest BCUT2D eigenvalue weighted by atomic mass is 10.2. The maximum atomic E-state index is 13.7. The second kappa shape index (κ2) is 11.4. The van der Waals surface area contributed by atoms with E-state index in [1.165, 1.54) is 23.1 Å². The Labute approximate surface area is 243 Å². The molecule has 10 heteroatoms. The Hall–Kier alpha value is -2.92. The predicted octanol–water partition coefficient (Wildman–Crippen LogP) is 5.91. The SMILES string of the molecule is CC1=C(C(=O)OCc2ccccc2)C(Sc2ccccc2)n2c(s/c(=C\c3cc(Br)c(O)c(Br)c3)c2=O)=N1. The number of thioether (sulfide) groups is 1. The largest absolute Gasteiger partial charge is 0.506 e. The van der Waals surface area contributed by atoms with E-state index in [4.69, 9.17) is 4.74 Å². The number of aromatic nitrogens is 1. The van der Waals surface area contributed by atoms with Crippen molar-refractivity contribution >= 4 is 67.0 Å². The molecule has 2 heterocycles. The van der Waals surface area contributed by atoms with Crippen molar-refractivity contribution in [3.8, 4) is 5.75 Å². The highest BCUT2D eigenvalue weighted by atomic mass is 79.9. The molecular weight excluding hydrogens is 652 g/mol. The number of aromatic hydroxyl groups is 1. The monoisotopic (exact) mass is 670 g/mol. The first-order valence-corrected chi connectivity index (χ1v) is 14.7. The van der Waals surface area contributed by atoms with Gasteiger partial charge in [-0.05, 0) is 80.3 Å². The first kappa shape index (κ1) is 26.7. The zero-order chi connectivity index (χ0) is 26.8. The van der Waals surface area contributed by atoms with Gasteiger partial charge in [0.15, 0.2) is 4.80 Å². The minimum Gasteiger partial charge on any atom is -0.506 e. The summed E-state index contributed by atoms with van der Waals surface area (Å²) in [6.45, 7) is 1.89. The van der Waals surface area contributed by atoms with E-state index in [-0.39, 0.29) is 17.9 Å². The Morgan fingerprint density at radius 2 is 1.74 bits per heavy atom. The molecule has 1 N–H and O–H groups in total. The third kappa shape index (κ3) is 5.58. The molecule has 0 saturated carbocycles. The standard InChI is InChI=1S/C28H20Br2N2O4S2/c1-16-23(27(35)36-15-17-8-4-2-5-9-17)26(37-19-10-6-3-7-11-19)32-25(34)22(38-28(32)31-16)14-18-12-20(29)24(33)21(30)13-18/h2-14,26,33H,15H2,1H3/b22-14-. The van der Waals surface area contributed by atoms with Gasteiger partial charge in [0.25, 0.3) is 5.56 Å². The predicted molar refractivity (Wildman–Crippen MR) is 157 cm³/mol. The van der Waals surface area contributed by atoms with Gasteiger partial charge in [-0.2, -0.15) is 0 Å². The average molecular weight is 672 g/mol. The maximum absolute atomic E-state index is 13.7. The molecule has 0 aliphatic carbocycles. The van der Waals surface area contributed by atoms with Crippen molar-refractivity contribution in [2.45, 2.75) is 23.8 Å². The molecule has 5 rings (SSSR count). The van der Waals surface area contributed by atoms with Crippen molar-refractivity contribution < 1.29 is 14.6 Å². The molecule has 0 saturated heterocycles. The number of nitrogens with zero attached hydrogens (tertiary/aromatic N) is 2. The quantitative estimate of drug-likeness (QED) is 0.258. The highest BCUT2D eigenvalue weighted by Crippen LogP contribution is 2.39. The lowest BCUT2D eigenvalue weighted by Gasteiger charge is -2.24. The molecule has 0 spiro atoms. The molecule has 38 heavy (non-hydrogen) atoms. The van der Waals surface area contributed by atoms with Gasteiger partial charge in [0, 0.05) is 4.90 Å². The number of rotatable bonds is 6. The molecule has 0 amide bonds. The second-order valence-corrected chi connectivity index (χ2v) is 12.2. The van der Waals surface area contributed by atoms with Crippen LogP contribution in [0.25, 0.3) is 6.08 Å². The number of hydrogen-bond acceptors (Lipinski definition) is 7. The summed E-state index contributed by atoms with van der Waals surface area (Å²) in [6.07, 6.45) is 1.75. The third-order valence-corrected chi connectivity index (χ3v) is 9.14. The number of phenolic OH excluding ortho intramolecular Hbond substituents is 1. The van der Waals surface area contributed by atoms with E-state index in [0.717, 1.165) is 16.0 Å². The van der Waals surface area contributed by atoms with Gasteiger partial charge in [0.2, 0.25) is 0 Å². The normalized spacial score (nSPS) is 15.2. The molecule has 1 aliphatic heterocycles. The van der Waals surface area contributed by atoms with Gasteiger partial charge < -0.3 is 9.84 Å². The number of phenols is 1. The van der Waals surface area contributed by atoms with Crippen LogP contribution in [0.15, 0.2) is 108 Å². The van der Waals surface area contributed by atoms with Crippen LogP contribution in [0.5, 0.6) is 5.75 Å². The van der Waals surface area contributed by atoms with Crippen molar-refractivity contribution in [2.75, 3.05) is 0 Å². The van der Waals surface area contributed by atoms with Crippen molar-refractivity contribution in [2.24, 2.45) is 4.99 Å². The van der Waals surface area contributed by atoms with Crippen LogP contribution in [-0.4, -0.2) is 15.6 Å². The summed E-state index contributed by atoms with van der Waals surface area (Å²) >= 11 is 9.32. The van der Waals surface area contributed by atoms with Crippen molar-refractivity contribution in [1.29, 1.82) is 0 Å². The molecule has 6 nitrogen and oxygen atoms in total. The summed E-state index contributed by atoms with van der Waals surface area (Å²) in [5.41, 5.74) is 2.18. The van der Waals surface area contributed by atoms with Crippen LogP contribution < -0.4 is 14.9 Å². The summed E-state index contributed by atoms with van der Waals surface area (Å²) in [5.74, 6) is -0.429. The Kier molecular flexibility index (Phi) is 8.04. The fourth-order valence-corrected chi connectivity index (χ4v) is 7.48. The summed E-state index contributed by atoms with van der Waals surface area (Å²) in [4.78, 5) is 33.2. The van der Waals surface area contributed by atoms with Crippen LogP contribution in [0, 0.1) is 0 Å². The van der Waals surface area contributed by atoms with Crippen LogP contribution in [0.1, 0.15) is 23.4 Å². The molecule has 192 valence electrons. The van der Waals surface area contributed by atoms with E-state index in [0.29, 0.717) is 29.5 Å². The number of benzene rings is 3. The van der Waals surface area contributed by atoms with Crippen molar-refractivity contribution in [1.82, 2.24) is 4.57 Å². The lowest BCUT2D eigenvalue weighted by Crippen LogP contribution is -2.38. The Bertz CT molecular complexity index is 1710. The van der Waals surface area contributed by atoms with Crippen LogP contribution in [-0.2, 0) is 16.1 Å². The highest BCUT2D eigenvalue weighted by molar-refractivity contribution is 9.11. The summed E-state index contributed by atoms with van der Waals surface area (Å²) in [7, 11) is 0. The Morgan fingerprint density at radius 3 is 2.39 bits per heavy atom. The lowest BCUT2D eigenvalue weighted by molar-refractivity contribution is -0.140. The van der Waals surface area contributed by atoms with Gasteiger partial charge >= 0.3 is 5.97 Å². The number of fused-ring (bicyclic) bond motifs is 1. The fraction of sp³-hybridized carbons (Fsp3) is 0.107. The van der Waals surface area contributed by atoms with Gasteiger partial charge in [-0.15, -0.1) is 0 Å². The van der Waals surface area contributed by atoms with E-state index in [1.54, 1.807) is 29.7 Å². The Morgan fingerprint density at radius 1 is 1.11 bits per heavy atom. The van der Waals surface area contributed by atoms with Gasteiger partial charge in [0.05, 0.1) is 24.7 Å². The first-order valence-electron chi connectivity index (χ1n) is 11.4. The number of esters is 1. The smallest absolute Gasteiger partial charge is 0.339 e. The fourth-order valence-electron chi connectivity index (χ4n) is 3.89. The van der Waals surface area contributed by atoms with E-state index in [9.17, 15) is 14.7 Å². The third-order valence-electron chi connectivity index (χ3n) is 5.73. The number of carbonyl (C=O) groups is 1. The number of carbonyl (C=O) groups excluding carboxylic acids is 1. The number of thiazole rings is 1. The zero-order valence-electron chi connectivity index (χ0n) is 19.9. The minimum absolute atomic E-state index is 0.0807. The van der Waals surface area contributed by atoms with E-state index in [2.05, 4.69) is 36.9 Å². The Balaban J connectivity index is 1.58. The molecule has 1 aliphatic rings. The van der Waals surface area contributed by atoms with Crippen LogP contribution in [0.3, 0.4) is 0 Å². The number of allylic oxidation sites excluding steroid dienone is 1. The maximum Gasteiger partial charge on any atom is 0.339 e. The first-order chi connectivity index (χ1) is 18.3. The average Bonchev–Trinajstić information content (AvgIpc) is 3.21. The molecule has 3 aromatic carbocycles. The molecular formula is C28H20Br2N2O4S2. The molecule has 4 aromatic rings.